The highest BCUT2D eigenvalue weighted by molar-refractivity contribution is 7.71. The molecule has 2 aromatic heterocycles. The third-order valence-electron chi connectivity index (χ3n) is 2.65. The van der Waals surface area contributed by atoms with E-state index in [1.807, 2.05) is 0 Å². The quantitative estimate of drug-likeness (QED) is 0.819. The summed E-state index contributed by atoms with van der Waals surface area (Å²) in [4.78, 5) is 18.6. The van der Waals surface area contributed by atoms with E-state index in [1.54, 1.807) is 24.5 Å². The summed E-state index contributed by atoms with van der Waals surface area (Å²) in [6, 6.07) is 1.70. The zero-order chi connectivity index (χ0) is 12.8. The van der Waals surface area contributed by atoms with Crippen LogP contribution in [0.3, 0.4) is 0 Å². The zero-order valence-electron chi connectivity index (χ0n) is 9.32. The Kier molecular flexibility index (Phi) is 2.71. The topological polar surface area (TPSA) is 76.7 Å². The third kappa shape index (κ3) is 1.83. The molecule has 17 heavy (non-hydrogen) atoms. The first-order valence-corrected chi connectivity index (χ1v) is 5.69. The largest absolute Gasteiger partial charge is 0.368 e. The van der Waals surface area contributed by atoms with Gasteiger partial charge in [0.25, 0.3) is 0 Å². The van der Waals surface area contributed by atoms with Gasteiger partial charge in [-0.3, -0.25) is 9.36 Å². The first-order chi connectivity index (χ1) is 7.84. The molecule has 0 spiro atoms. The van der Waals surface area contributed by atoms with Crippen molar-refractivity contribution < 1.29 is 4.79 Å². The molecule has 0 aromatic carbocycles. The second-order valence-electron chi connectivity index (χ2n) is 4.21. The van der Waals surface area contributed by atoms with Crippen LogP contribution in [0.5, 0.6) is 0 Å². The van der Waals surface area contributed by atoms with Crippen LogP contribution < -0.4 is 5.73 Å². The number of aromatic amines is 1. The Balaban J connectivity index is 2.83. The maximum atomic E-state index is 11.5. The fraction of sp³-hybridized carbons (Fsp3) is 0.300. The molecular formula is C10H11ClN4OS. The molecule has 0 aliphatic heterocycles. The van der Waals surface area contributed by atoms with E-state index in [2.05, 4.69) is 9.97 Å². The van der Waals surface area contributed by atoms with Gasteiger partial charge < -0.3 is 10.7 Å². The highest BCUT2D eigenvalue weighted by Crippen LogP contribution is 2.23. The zero-order valence-corrected chi connectivity index (χ0v) is 10.9. The van der Waals surface area contributed by atoms with Crippen molar-refractivity contribution >= 4 is 40.9 Å². The maximum Gasteiger partial charge on any atom is 0.243 e. The van der Waals surface area contributed by atoms with Gasteiger partial charge in [0, 0.05) is 6.20 Å². The molecule has 0 radical (unpaired) electrons. The van der Waals surface area contributed by atoms with Gasteiger partial charge in [-0.2, -0.15) is 0 Å². The second kappa shape index (κ2) is 3.82. The summed E-state index contributed by atoms with van der Waals surface area (Å²) in [6.45, 7) is 3.38. The predicted molar refractivity (Wildman–Crippen MR) is 68.4 cm³/mol. The number of nitrogens with one attached hydrogen (secondary N) is 1. The summed E-state index contributed by atoms with van der Waals surface area (Å²) in [6.07, 6.45) is 1.50. The second-order valence-corrected chi connectivity index (χ2v) is 5.04. The van der Waals surface area contributed by atoms with E-state index in [0.717, 1.165) is 0 Å². The lowest BCUT2D eigenvalue weighted by Gasteiger charge is -2.22. The summed E-state index contributed by atoms with van der Waals surface area (Å²) in [7, 11) is 0. The Morgan fingerprint density at radius 3 is 2.88 bits per heavy atom. The van der Waals surface area contributed by atoms with Crippen LogP contribution in [-0.2, 0) is 10.3 Å². The number of amides is 1. The molecule has 2 rings (SSSR count). The standard InChI is InChI=1S/C10H11ClN4OS/c1-10(2,8(12)16)15-7-6(14-9(15)17)3-5(11)4-13-7/h3-4H,1-2H3,(H2,12,16)(H,14,17). The van der Waals surface area contributed by atoms with Crippen molar-refractivity contribution in [3.05, 3.63) is 22.1 Å². The summed E-state index contributed by atoms with van der Waals surface area (Å²) in [5, 5.41) is 0.498. The number of imidazole rings is 1. The number of halogens is 1. The lowest BCUT2D eigenvalue weighted by molar-refractivity contribution is -0.124. The van der Waals surface area contributed by atoms with Crippen LogP contribution >= 0.6 is 23.8 Å². The molecule has 5 nitrogen and oxygen atoms in total. The van der Waals surface area contributed by atoms with Gasteiger partial charge in [-0.1, -0.05) is 11.6 Å². The fourth-order valence-electron chi connectivity index (χ4n) is 1.60. The molecule has 0 saturated carbocycles. The highest BCUT2D eigenvalue weighted by Gasteiger charge is 2.30. The summed E-state index contributed by atoms with van der Waals surface area (Å²) in [5.41, 5.74) is 5.67. The number of rotatable bonds is 2. The van der Waals surface area contributed by atoms with Gasteiger partial charge in [0.15, 0.2) is 10.4 Å². The van der Waals surface area contributed by atoms with Crippen LogP contribution in [0, 0.1) is 4.77 Å². The smallest absolute Gasteiger partial charge is 0.243 e. The molecule has 0 saturated heterocycles. The van der Waals surface area contributed by atoms with E-state index in [4.69, 9.17) is 29.6 Å². The monoisotopic (exact) mass is 270 g/mol. The van der Waals surface area contributed by atoms with Crippen molar-refractivity contribution in [2.24, 2.45) is 5.73 Å². The van der Waals surface area contributed by atoms with Crippen LogP contribution in [0.1, 0.15) is 13.8 Å². The number of nitrogens with two attached hydrogens (primary N) is 1. The van der Waals surface area contributed by atoms with Gasteiger partial charge in [-0.05, 0) is 32.1 Å². The molecule has 0 aliphatic carbocycles. The number of aromatic nitrogens is 3. The normalized spacial score (nSPS) is 11.9. The number of H-pyrrole nitrogens is 1. The SMILES string of the molecule is CC(C)(C(N)=O)n1c(=S)[nH]c2cc(Cl)cnc21. The minimum atomic E-state index is -0.948. The first-order valence-electron chi connectivity index (χ1n) is 4.90. The van der Waals surface area contributed by atoms with E-state index >= 15 is 0 Å². The number of fused-ring (bicyclic) bond motifs is 1. The van der Waals surface area contributed by atoms with Gasteiger partial charge >= 0.3 is 0 Å². The van der Waals surface area contributed by atoms with Crippen molar-refractivity contribution in [2.75, 3.05) is 0 Å². The van der Waals surface area contributed by atoms with Crippen molar-refractivity contribution in [2.45, 2.75) is 19.4 Å². The molecule has 3 N–H and O–H groups in total. The van der Waals surface area contributed by atoms with E-state index in [1.165, 1.54) is 6.20 Å². The number of primary amides is 1. The fourth-order valence-corrected chi connectivity index (χ4v) is 2.18. The van der Waals surface area contributed by atoms with Crippen LogP contribution in [-0.4, -0.2) is 20.4 Å². The number of carbonyl (C=O) groups excluding carboxylic acids is 1. The summed E-state index contributed by atoms with van der Waals surface area (Å²) < 4.78 is 1.98. The first kappa shape index (κ1) is 12.1. The Hall–Kier alpha value is -1.40. The minimum Gasteiger partial charge on any atom is -0.368 e. The minimum absolute atomic E-state index is 0.388. The van der Waals surface area contributed by atoms with Crippen molar-refractivity contribution in [3.63, 3.8) is 0 Å². The van der Waals surface area contributed by atoms with Crippen LogP contribution in [0.4, 0.5) is 0 Å². The molecule has 0 bridgehead atoms. The van der Waals surface area contributed by atoms with E-state index in [9.17, 15) is 4.79 Å². The van der Waals surface area contributed by atoms with Gasteiger partial charge in [0.2, 0.25) is 5.91 Å². The van der Waals surface area contributed by atoms with Gasteiger partial charge in [0.05, 0.1) is 10.5 Å². The van der Waals surface area contributed by atoms with E-state index < -0.39 is 11.4 Å². The Labute approximate surface area is 108 Å². The molecule has 0 aliphatic rings. The Bertz CT molecular complexity index is 658. The lowest BCUT2D eigenvalue weighted by Crippen LogP contribution is -2.41. The maximum absolute atomic E-state index is 11.5. The highest BCUT2D eigenvalue weighted by atomic mass is 35.5. The average Bonchev–Trinajstić information content (AvgIpc) is 2.53. The molecular weight excluding hydrogens is 260 g/mol. The molecule has 2 heterocycles. The molecule has 0 fully saturated rings. The summed E-state index contributed by atoms with van der Waals surface area (Å²) in [5.74, 6) is -0.480. The molecule has 1 amide bonds. The van der Waals surface area contributed by atoms with E-state index in [0.29, 0.717) is 21.0 Å². The third-order valence-corrected chi connectivity index (χ3v) is 3.14. The number of pyridine rings is 1. The van der Waals surface area contributed by atoms with Gasteiger partial charge in [-0.25, -0.2) is 4.98 Å². The number of hydrogen-bond donors (Lipinski definition) is 2. The summed E-state index contributed by atoms with van der Waals surface area (Å²) >= 11 is 11.0. The van der Waals surface area contributed by atoms with Crippen molar-refractivity contribution in [1.29, 1.82) is 0 Å². The van der Waals surface area contributed by atoms with Crippen molar-refractivity contribution in [3.8, 4) is 0 Å². The molecule has 90 valence electrons. The van der Waals surface area contributed by atoms with E-state index in [-0.39, 0.29) is 0 Å². The molecule has 0 atom stereocenters. The van der Waals surface area contributed by atoms with Gasteiger partial charge in [-0.15, -0.1) is 0 Å². The van der Waals surface area contributed by atoms with Gasteiger partial charge in [0.1, 0.15) is 5.54 Å². The Morgan fingerprint density at radius 1 is 1.65 bits per heavy atom. The molecule has 2 aromatic rings. The number of nitrogens with zero attached hydrogens (tertiary/aromatic N) is 2. The van der Waals surface area contributed by atoms with Crippen LogP contribution in [0.2, 0.25) is 5.02 Å². The number of carbonyl (C=O) groups is 1. The predicted octanol–water partition coefficient (Wildman–Crippen LogP) is 1.97. The van der Waals surface area contributed by atoms with Crippen LogP contribution in [0.15, 0.2) is 12.3 Å². The van der Waals surface area contributed by atoms with Crippen molar-refractivity contribution in [1.82, 2.24) is 14.5 Å². The Morgan fingerprint density at radius 2 is 2.29 bits per heavy atom. The average molecular weight is 271 g/mol. The number of hydrogen-bond acceptors (Lipinski definition) is 3. The van der Waals surface area contributed by atoms with Crippen LogP contribution in [0.25, 0.3) is 11.2 Å². The molecule has 7 heteroatoms. The molecule has 0 unspecified atom stereocenters. The lowest BCUT2D eigenvalue weighted by atomic mass is 10.1.